The number of nitro groups is 1. The highest BCUT2D eigenvalue weighted by atomic mass is 32.2. The Morgan fingerprint density at radius 3 is 2.57 bits per heavy atom. The fourth-order valence-electron chi connectivity index (χ4n) is 1.90. The average Bonchev–Trinajstić information content (AvgIpc) is 2.51. The Bertz CT molecular complexity index is 874. The summed E-state index contributed by atoms with van der Waals surface area (Å²) in [5.41, 5.74) is -0.0616. The molecule has 1 heterocycles. The Morgan fingerprint density at radius 1 is 1.10 bits per heavy atom. The van der Waals surface area contributed by atoms with Crippen molar-refractivity contribution in [3.63, 3.8) is 0 Å². The van der Waals surface area contributed by atoms with Crippen LogP contribution in [0.25, 0.3) is 11.0 Å². The summed E-state index contributed by atoms with van der Waals surface area (Å²) in [6.45, 7) is 0. The molecule has 0 amide bonds. The molecule has 3 rings (SSSR count). The molecule has 0 spiro atoms. The Balaban J connectivity index is 2.10. The molecule has 0 fully saturated rings. The lowest BCUT2D eigenvalue weighted by Crippen LogP contribution is -2.04. The van der Waals surface area contributed by atoms with Gasteiger partial charge in [0.25, 0.3) is 5.69 Å². The predicted octanol–water partition coefficient (Wildman–Crippen LogP) is 3.85. The minimum atomic E-state index is -0.532. The Hall–Kier alpha value is -2.60. The number of benzene rings is 2. The van der Waals surface area contributed by atoms with Crippen molar-refractivity contribution in [2.24, 2.45) is 0 Å². The molecule has 3 aromatic rings. The molecule has 2 aromatic carbocycles. The van der Waals surface area contributed by atoms with E-state index in [-0.39, 0.29) is 16.5 Å². The minimum Gasteiger partial charge on any atom is -0.463 e. The number of nitrogens with zero attached hydrogens (tertiary/aromatic N) is 1. The van der Waals surface area contributed by atoms with Crippen molar-refractivity contribution < 1.29 is 9.34 Å². The van der Waals surface area contributed by atoms with Crippen molar-refractivity contribution in [1.82, 2.24) is 0 Å². The summed E-state index contributed by atoms with van der Waals surface area (Å²) in [5.74, 6) is 0. The minimum absolute atomic E-state index is 0.128. The summed E-state index contributed by atoms with van der Waals surface area (Å²) < 4.78 is 5.39. The molecule has 0 atom stereocenters. The molecule has 0 aliphatic carbocycles. The first kappa shape index (κ1) is 13.4. The summed E-state index contributed by atoms with van der Waals surface area (Å²) in [7, 11) is 0. The van der Waals surface area contributed by atoms with Crippen LogP contribution in [0.2, 0.25) is 0 Å². The fraction of sp³-hybridized carbons (Fsp3) is 0. The van der Waals surface area contributed by atoms with Crippen molar-refractivity contribution in [2.45, 2.75) is 9.79 Å². The van der Waals surface area contributed by atoms with Crippen LogP contribution < -0.4 is 5.43 Å². The summed E-state index contributed by atoms with van der Waals surface area (Å²) in [6.07, 6.45) is 1.38. The summed E-state index contributed by atoms with van der Waals surface area (Å²) in [5, 5.41) is 11.0. The van der Waals surface area contributed by atoms with Crippen LogP contribution in [0.1, 0.15) is 0 Å². The van der Waals surface area contributed by atoms with E-state index in [9.17, 15) is 14.9 Å². The van der Waals surface area contributed by atoms with Crippen molar-refractivity contribution in [1.29, 1.82) is 0 Å². The van der Waals surface area contributed by atoms with Crippen molar-refractivity contribution in [3.8, 4) is 0 Å². The summed E-state index contributed by atoms with van der Waals surface area (Å²) in [6, 6.07) is 13.4. The molecular weight excluding hydrogens is 290 g/mol. The molecule has 0 unspecified atom stereocenters. The molecule has 104 valence electrons. The lowest BCUT2D eigenvalue weighted by molar-refractivity contribution is -0.384. The van der Waals surface area contributed by atoms with E-state index >= 15 is 0 Å². The van der Waals surface area contributed by atoms with Gasteiger partial charge in [0, 0.05) is 17.0 Å². The smallest absolute Gasteiger partial charge is 0.270 e. The standard InChI is InChI=1S/C15H9NO4S/c17-15-12-8-10(16(18)19)6-7-13(12)20-9-14(15)21-11-4-2-1-3-5-11/h1-9H. The van der Waals surface area contributed by atoms with E-state index in [4.69, 9.17) is 4.42 Å². The van der Waals surface area contributed by atoms with Crippen molar-refractivity contribution in [2.75, 3.05) is 0 Å². The zero-order chi connectivity index (χ0) is 14.8. The SMILES string of the molecule is O=c1c(Sc2ccccc2)coc2ccc([N+](=O)[O-])cc12. The Labute approximate surface area is 123 Å². The second-order valence-electron chi connectivity index (χ2n) is 4.28. The number of nitro benzene ring substituents is 1. The van der Waals surface area contributed by atoms with Gasteiger partial charge in [0.1, 0.15) is 11.8 Å². The van der Waals surface area contributed by atoms with Gasteiger partial charge >= 0.3 is 0 Å². The van der Waals surface area contributed by atoms with Gasteiger partial charge in [0.2, 0.25) is 5.43 Å². The van der Waals surface area contributed by atoms with E-state index in [1.54, 1.807) is 0 Å². The zero-order valence-electron chi connectivity index (χ0n) is 10.7. The number of fused-ring (bicyclic) bond motifs is 1. The molecule has 0 saturated heterocycles. The second-order valence-corrected chi connectivity index (χ2v) is 5.40. The first-order valence-electron chi connectivity index (χ1n) is 6.08. The quantitative estimate of drug-likeness (QED) is 0.542. The van der Waals surface area contributed by atoms with E-state index < -0.39 is 4.92 Å². The molecule has 21 heavy (non-hydrogen) atoms. The lowest BCUT2D eigenvalue weighted by Gasteiger charge is -2.02. The topological polar surface area (TPSA) is 73.3 Å². The highest BCUT2D eigenvalue weighted by Crippen LogP contribution is 2.27. The van der Waals surface area contributed by atoms with Gasteiger partial charge in [-0.2, -0.15) is 0 Å². The maximum absolute atomic E-state index is 12.4. The molecule has 0 N–H and O–H groups in total. The molecule has 0 bridgehead atoms. The van der Waals surface area contributed by atoms with Crippen LogP contribution in [0.15, 0.2) is 73.8 Å². The van der Waals surface area contributed by atoms with Crippen LogP contribution in [-0.4, -0.2) is 4.92 Å². The van der Waals surface area contributed by atoms with Gasteiger partial charge in [-0.15, -0.1) is 0 Å². The van der Waals surface area contributed by atoms with Crippen molar-refractivity contribution >= 4 is 28.4 Å². The monoisotopic (exact) mass is 299 g/mol. The molecule has 5 nitrogen and oxygen atoms in total. The van der Waals surface area contributed by atoms with E-state index in [0.717, 1.165) is 4.90 Å². The third-order valence-electron chi connectivity index (χ3n) is 2.91. The highest BCUT2D eigenvalue weighted by molar-refractivity contribution is 7.99. The van der Waals surface area contributed by atoms with Gasteiger partial charge in [-0.25, -0.2) is 0 Å². The van der Waals surface area contributed by atoms with Crippen molar-refractivity contribution in [3.05, 3.63) is 75.1 Å². The van der Waals surface area contributed by atoms with Crippen LogP contribution in [0.3, 0.4) is 0 Å². The van der Waals surface area contributed by atoms with E-state index in [1.165, 1.54) is 36.2 Å². The maximum Gasteiger partial charge on any atom is 0.270 e. The Kier molecular flexibility index (Phi) is 3.45. The zero-order valence-corrected chi connectivity index (χ0v) is 11.5. The molecular formula is C15H9NO4S. The Morgan fingerprint density at radius 2 is 1.86 bits per heavy atom. The predicted molar refractivity (Wildman–Crippen MR) is 79.7 cm³/mol. The van der Waals surface area contributed by atoms with Crippen LogP contribution >= 0.6 is 11.8 Å². The van der Waals surface area contributed by atoms with E-state index in [2.05, 4.69) is 0 Å². The van der Waals surface area contributed by atoms with Crippen LogP contribution in [0.4, 0.5) is 5.69 Å². The molecule has 0 aliphatic heterocycles. The molecule has 0 aliphatic rings. The van der Waals surface area contributed by atoms with Gasteiger partial charge < -0.3 is 4.42 Å². The third kappa shape index (κ3) is 2.66. The average molecular weight is 299 g/mol. The summed E-state index contributed by atoms with van der Waals surface area (Å²) in [4.78, 5) is 24.0. The largest absolute Gasteiger partial charge is 0.463 e. The second kappa shape index (κ2) is 5.41. The molecule has 0 saturated carbocycles. The van der Waals surface area contributed by atoms with Crippen LogP contribution in [0.5, 0.6) is 0 Å². The highest BCUT2D eigenvalue weighted by Gasteiger charge is 2.13. The molecule has 0 radical (unpaired) electrons. The number of hydrogen-bond donors (Lipinski definition) is 0. The molecule has 1 aromatic heterocycles. The first-order valence-corrected chi connectivity index (χ1v) is 6.89. The third-order valence-corrected chi connectivity index (χ3v) is 3.92. The normalized spacial score (nSPS) is 10.7. The van der Waals surface area contributed by atoms with Gasteiger partial charge in [0.05, 0.1) is 15.2 Å². The molecule has 6 heteroatoms. The van der Waals surface area contributed by atoms with Gasteiger partial charge in [-0.1, -0.05) is 30.0 Å². The van der Waals surface area contributed by atoms with Gasteiger partial charge in [-0.3, -0.25) is 14.9 Å². The fourth-order valence-corrected chi connectivity index (χ4v) is 2.75. The van der Waals surface area contributed by atoms with Crippen LogP contribution in [-0.2, 0) is 0 Å². The van der Waals surface area contributed by atoms with E-state index in [0.29, 0.717) is 10.5 Å². The number of rotatable bonds is 3. The maximum atomic E-state index is 12.4. The van der Waals surface area contributed by atoms with Crippen LogP contribution in [0, 0.1) is 10.1 Å². The van der Waals surface area contributed by atoms with Gasteiger partial charge in [-0.05, 0) is 18.2 Å². The number of non-ortho nitro benzene ring substituents is 1. The lowest BCUT2D eigenvalue weighted by atomic mass is 10.2. The van der Waals surface area contributed by atoms with Gasteiger partial charge in [0.15, 0.2) is 0 Å². The first-order chi connectivity index (χ1) is 10.1. The summed E-state index contributed by atoms with van der Waals surface area (Å²) >= 11 is 1.27. The van der Waals surface area contributed by atoms with E-state index in [1.807, 2.05) is 30.3 Å². The number of hydrogen-bond acceptors (Lipinski definition) is 5.